The Hall–Kier alpha value is -2.28. The van der Waals surface area contributed by atoms with E-state index in [-0.39, 0.29) is 24.1 Å². The van der Waals surface area contributed by atoms with Crippen molar-refractivity contribution in [1.29, 1.82) is 0 Å². The van der Waals surface area contributed by atoms with Gasteiger partial charge in [-0.2, -0.15) is 0 Å². The van der Waals surface area contributed by atoms with E-state index in [0.29, 0.717) is 10.7 Å². The zero-order chi connectivity index (χ0) is 17.0. The molecule has 5 nitrogen and oxygen atoms in total. The highest BCUT2D eigenvalue weighted by molar-refractivity contribution is 7.13. The smallest absolute Gasteiger partial charge is 0.326 e. The summed E-state index contributed by atoms with van der Waals surface area (Å²) in [6.45, 7) is 3.46. The van der Waals surface area contributed by atoms with Gasteiger partial charge in [-0.1, -0.05) is 13.8 Å². The predicted molar refractivity (Wildman–Crippen MR) is 85.6 cm³/mol. The average molecular weight is 336 g/mol. The molecule has 0 aliphatic rings. The third-order valence-corrected chi connectivity index (χ3v) is 4.17. The van der Waals surface area contributed by atoms with Crippen LogP contribution in [0.5, 0.6) is 0 Å². The van der Waals surface area contributed by atoms with Gasteiger partial charge in [0, 0.05) is 10.9 Å². The molecule has 1 aromatic carbocycles. The van der Waals surface area contributed by atoms with Crippen LogP contribution in [0, 0.1) is 11.7 Å². The fourth-order valence-corrected chi connectivity index (χ4v) is 2.84. The lowest BCUT2D eigenvalue weighted by molar-refractivity contribution is -0.143. The van der Waals surface area contributed by atoms with Gasteiger partial charge in [-0.15, -0.1) is 11.3 Å². The van der Waals surface area contributed by atoms with Gasteiger partial charge in [0.05, 0.1) is 12.1 Å². The van der Waals surface area contributed by atoms with Gasteiger partial charge >= 0.3 is 5.97 Å². The summed E-state index contributed by atoms with van der Waals surface area (Å²) < 4.78 is 12.9. The highest BCUT2D eigenvalue weighted by atomic mass is 32.1. The number of thiazole rings is 1. The van der Waals surface area contributed by atoms with E-state index in [1.54, 1.807) is 31.4 Å². The number of carbonyl (C=O) groups is 2. The van der Waals surface area contributed by atoms with Crippen molar-refractivity contribution in [1.82, 2.24) is 10.3 Å². The molecule has 7 heteroatoms. The lowest BCUT2D eigenvalue weighted by Crippen LogP contribution is -2.44. The molecule has 0 spiro atoms. The van der Waals surface area contributed by atoms with Gasteiger partial charge in [0.25, 0.3) is 0 Å². The quantitative estimate of drug-likeness (QED) is 0.850. The van der Waals surface area contributed by atoms with Crippen LogP contribution in [0.2, 0.25) is 0 Å². The summed E-state index contributed by atoms with van der Waals surface area (Å²) in [6.07, 6.45) is 0.00813. The van der Waals surface area contributed by atoms with Crippen LogP contribution in [0.1, 0.15) is 19.5 Å². The zero-order valence-electron chi connectivity index (χ0n) is 12.7. The second-order valence-corrected chi connectivity index (χ2v) is 6.31. The summed E-state index contributed by atoms with van der Waals surface area (Å²) in [5.41, 5.74) is 1.33. The number of carboxylic acid groups (broad SMARTS) is 1. The number of hydrogen-bond acceptors (Lipinski definition) is 4. The van der Waals surface area contributed by atoms with Crippen LogP contribution in [-0.2, 0) is 16.0 Å². The predicted octanol–water partition coefficient (Wildman–Crippen LogP) is 2.72. The van der Waals surface area contributed by atoms with Crippen molar-refractivity contribution in [3.63, 3.8) is 0 Å². The Balaban J connectivity index is 2.02. The van der Waals surface area contributed by atoms with Crippen molar-refractivity contribution in [3.8, 4) is 10.6 Å². The van der Waals surface area contributed by atoms with E-state index in [2.05, 4.69) is 10.3 Å². The monoisotopic (exact) mass is 336 g/mol. The average Bonchev–Trinajstić information content (AvgIpc) is 2.93. The number of halogens is 1. The van der Waals surface area contributed by atoms with Gasteiger partial charge in [-0.25, -0.2) is 14.2 Å². The first kappa shape index (κ1) is 17.1. The van der Waals surface area contributed by atoms with Crippen molar-refractivity contribution in [2.45, 2.75) is 26.3 Å². The number of rotatable bonds is 6. The summed E-state index contributed by atoms with van der Waals surface area (Å²) in [6, 6.07) is 5.03. The van der Waals surface area contributed by atoms with E-state index in [9.17, 15) is 14.0 Å². The number of nitrogens with zero attached hydrogens (tertiary/aromatic N) is 1. The van der Waals surface area contributed by atoms with Crippen LogP contribution in [0.4, 0.5) is 4.39 Å². The van der Waals surface area contributed by atoms with Crippen LogP contribution in [0.15, 0.2) is 29.6 Å². The number of aliphatic carboxylic acids is 1. The summed E-state index contributed by atoms with van der Waals surface area (Å²) >= 11 is 1.35. The number of nitrogens with one attached hydrogen (secondary N) is 1. The molecule has 0 fully saturated rings. The molecule has 2 aromatic rings. The Morgan fingerprint density at radius 1 is 1.30 bits per heavy atom. The Labute approximate surface area is 137 Å². The second kappa shape index (κ2) is 7.32. The van der Waals surface area contributed by atoms with Gasteiger partial charge in [0.15, 0.2) is 0 Å². The molecule has 0 aliphatic carbocycles. The molecule has 2 N–H and O–H groups in total. The summed E-state index contributed by atoms with van der Waals surface area (Å²) in [7, 11) is 0. The van der Waals surface area contributed by atoms with Crippen molar-refractivity contribution < 1.29 is 19.1 Å². The fourth-order valence-electron chi connectivity index (χ4n) is 2.02. The lowest BCUT2D eigenvalue weighted by Gasteiger charge is -2.17. The molecule has 0 radical (unpaired) electrons. The first-order valence-electron chi connectivity index (χ1n) is 7.09. The third-order valence-electron chi connectivity index (χ3n) is 3.23. The van der Waals surface area contributed by atoms with Gasteiger partial charge in [-0.05, 0) is 30.2 Å². The topological polar surface area (TPSA) is 79.3 Å². The Morgan fingerprint density at radius 2 is 1.96 bits per heavy atom. The van der Waals surface area contributed by atoms with E-state index in [1.165, 1.54) is 23.5 Å². The normalized spacial score (nSPS) is 12.2. The molecule has 1 amide bonds. The van der Waals surface area contributed by atoms with Gasteiger partial charge in [-0.3, -0.25) is 4.79 Å². The molecule has 0 bridgehead atoms. The molecule has 1 atom stereocenters. The summed E-state index contributed by atoms with van der Waals surface area (Å²) in [5, 5.41) is 14.0. The molecule has 0 aliphatic heterocycles. The van der Waals surface area contributed by atoms with Gasteiger partial charge < -0.3 is 10.4 Å². The number of carboxylic acids is 1. The van der Waals surface area contributed by atoms with Crippen molar-refractivity contribution in [3.05, 3.63) is 41.2 Å². The minimum absolute atomic E-state index is 0.00813. The van der Waals surface area contributed by atoms with E-state index >= 15 is 0 Å². The molecule has 2 rings (SSSR count). The maximum atomic E-state index is 12.9. The molecule has 122 valence electrons. The van der Waals surface area contributed by atoms with Crippen molar-refractivity contribution in [2.75, 3.05) is 0 Å². The van der Waals surface area contributed by atoms with Crippen molar-refractivity contribution >= 4 is 23.2 Å². The molecule has 0 saturated carbocycles. The van der Waals surface area contributed by atoms with Gasteiger partial charge in [0.1, 0.15) is 16.9 Å². The number of carbonyl (C=O) groups excluding carboxylic acids is 1. The molecular weight excluding hydrogens is 319 g/mol. The maximum Gasteiger partial charge on any atom is 0.326 e. The SMILES string of the molecule is CC(C)[C@@H](NC(=O)Cc1csc(-c2ccc(F)cc2)n1)C(=O)O. The highest BCUT2D eigenvalue weighted by Gasteiger charge is 2.23. The molecule has 0 unspecified atom stereocenters. The zero-order valence-corrected chi connectivity index (χ0v) is 13.6. The Morgan fingerprint density at radius 3 is 2.52 bits per heavy atom. The second-order valence-electron chi connectivity index (χ2n) is 5.46. The van der Waals surface area contributed by atoms with Crippen LogP contribution < -0.4 is 5.32 Å². The standard InChI is InChI=1S/C16H17FN2O3S/c1-9(2)14(16(21)22)19-13(20)7-12-8-23-15(18-12)10-3-5-11(17)6-4-10/h3-6,8-9,14H,7H2,1-2H3,(H,19,20)(H,21,22)/t14-/m1/s1. The first-order chi connectivity index (χ1) is 10.9. The van der Waals surface area contributed by atoms with Crippen LogP contribution in [0.25, 0.3) is 10.6 Å². The first-order valence-corrected chi connectivity index (χ1v) is 7.97. The molecule has 0 saturated heterocycles. The number of amides is 1. The molecule has 1 heterocycles. The third kappa shape index (κ3) is 4.59. The fraction of sp³-hybridized carbons (Fsp3) is 0.312. The summed E-state index contributed by atoms with van der Waals surface area (Å²) in [4.78, 5) is 27.4. The minimum Gasteiger partial charge on any atom is -0.480 e. The minimum atomic E-state index is -1.06. The maximum absolute atomic E-state index is 12.9. The van der Waals surface area contributed by atoms with Crippen molar-refractivity contribution in [2.24, 2.45) is 5.92 Å². The lowest BCUT2D eigenvalue weighted by atomic mass is 10.0. The highest BCUT2D eigenvalue weighted by Crippen LogP contribution is 2.24. The number of hydrogen-bond donors (Lipinski definition) is 2. The molecular formula is C16H17FN2O3S. The van der Waals surface area contributed by atoms with Crippen LogP contribution >= 0.6 is 11.3 Å². The van der Waals surface area contributed by atoms with E-state index < -0.39 is 12.0 Å². The van der Waals surface area contributed by atoms with E-state index in [4.69, 9.17) is 5.11 Å². The Bertz CT molecular complexity index is 698. The van der Waals surface area contributed by atoms with Crippen LogP contribution in [-0.4, -0.2) is 28.0 Å². The number of aromatic nitrogens is 1. The van der Waals surface area contributed by atoms with Gasteiger partial charge in [0.2, 0.25) is 5.91 Å². The summed E-state index contributed by atoms with van der Waals surface area (Å²) in [5.74, 6) is -1.97. The Kier molecular flexibility index (Phi) is 5.44. The van der Waals surface area contributed by atoms with E-state index in [0.717, 1.165) is 5.56 Å². The molecule has 1 aromatic heterocycles. The number of benzene rings is 1. The van der Waals surface area contributed by atoms with Crippen LogP contribution in [0.3, 0.4) is 0 Å². The molecule has 23 heavy (non-hydrogen) atoms. The van der Waals surface area contributed by atoms with E-state index in [1.807, 2.05) is 0 Å². The largest absolute Gasteiger partial charge is 0.480 e.